The van der Waals surface area contributed by atoms with Gasteiger partial charge in [0.25, 0.3) is 5.91 Å². The van der Waals surface area contributed by atoms with Crippen molar-refractivity contribution in [3.63, 3.8) is 0 Å². The average molecular weight is 221 g/mol. The third kappa shape index (κ3) is 2.07. The van der Waals surface area contributed by atoms with E-state index >= 15 is 0 Å². The van der Waals surface area contributed by atoms with Crippen LogP contribution in [-0.4, -0.2) is 16.1 Å². The quantitative estimate of drug-likeness (QED) is 0.817. The van der Waals surface area contributed by atoms with Gasteiger partial charge >= 0.3 is 0 Å². The molecule has 2 aromatic rings. The molecule has 0 fully saturated rings. The maximum absolute atomic E-state index is 11.8. The molecule has 0 radical (unpaired) electrons. The molecule has 15 heavy (non-hydrogen) atoms. The van der Waals surface area contributed by atoms with E-state index in [-0.39, 0.29) is 5.91 Å². The number of amides is 1. The molecular formula is C10H11N3OS. The third-order valence-electron chi connectivity index (χ3n) is 2.04. The molecule has 0 bridgehead atoms. The summed E-state index contributed by atoms with van der Waals surface area (Å²) < 4.78 is 0. The van der Waals surface area contributed by atoms with Gasteiger partial charge in [-0.15, -0.1) is 11.3 Å². The predicted octanol–water partition coefficient (Wildman–Crippen LogP) is 2.34. The lowest BCUT2D eigenvalue weighted by atomic mass is 10.2. The van der Waals surface area contributed by atoms with E-state index in [1.807, 2.05) is 19.9 Å². The van der Waals surface area contributed by atoms with E-state index in [9.17, 15) is 4.79 Å². The van der Waals surface area contributed by atoms with Crippen LogP contribution in [0.4, 0.5) is 5.69 Å². The summed E-state index contributed by atoms with van der Waals surface area (Å²) >= 11 is 1.63. The first-order valence-electron chi connectivity index (χ1n) is 4.54. The molecule has 0 saturated heterocycles. The standard InChI is InChI=1S/C10H11N3OS/c1-6-3-9(7(2)15-6)10(14)13-8-4-11-12-5-8/h3-5H,1-2H3,(H,11,12)(H,13,14). The molecule has 0 spiro atoms. The number of carbonyl (C=O) groups is 1. The molecule has 2 N–H and O–H groups in total. The van der Waals surface area contributed by atoms with Crippen LogP contribution < -0.4 is 5.32 Å². The third-order valence-corrected chi connectivity index (χ3v) is 3.01. The number of hydrogen-bond acceptors (Lipinski definition) is 3. The molecule has 0 aliphatic rings. The Balaban J connectivity index is 2.18. The van der Waals surface area contributed by atoms with Gasteiger partial charge in [-0.3, -0.25) is 9.89 Å². The molecule has 2 aromatic heterocycles. The monoisotopic (exact) mass is 221 g/mol. The van der Waals surface area contributed by atoms with E-state index in [1.54, 1.807) is 23.7 Å². The molecule has 2 heterocycles. The zero-order chi connectivity index (χ0) is 10.8. The van der Waals surface area contributed by atoms with E-state index in [1.165, 1.54) is 0 Å². The van der Waals surface area contributed by atoms with Crippen molar-refractivity contribution < 1.29 is 4.79 Å². The first kappa shape index (κ1) is 9.92. The largest absolute Gasteiger partial charge is 0.319 e. The lowest BCUT2D eigenvalue weighted by molar-refractivity contribution is 0.102. The van der Waals surface area contributed by atoms with Crippen LogP contribution in [0.2, 0.25) is 0 Å². The van der Waals surface area contributed by atoms with E-state index in [0.29, 0.717) is 5.69 Å². The molecule has 78 valence electrons. The Hall–Kier alpha value is -1.62. The average Bonchev–Trinajstić information content (AvgIpc) is 2.75. The lowest BCUT2D eigenvalue weighted by Gasteiger charge is -2.00. The maximum Gasteiger partial charge on any atom is 0.256 e. The molecule has 0 unspecified atom stereocenters. The van der Waals surface area contributed by atoms with Gasteiger partial charge in [0.05, 0.1) is 17.4 Å². The minimum Gasteiger partial charge on any atom is -0.319 e. The van der Waals surface area contributed by atoms with Crippen molar-refractivity contribution in [2.45, 2.75) is 13.8 Å². The number of anilines is 1. The van der Waals surface area contributed by atoms with Crippen molar-refractivity contribution in [2.75, 3.05) is 5.32 Å². The predicted molar refractivity (Wildman–Crippen MR) is 60.3 cm³/mol. The van der Waals surface area contributed by atoms with Gasteiger partial charge < -0.3 is 5.32 Å². The fraction of sp³-hybridized carbons (Fsp3) is 0.200. The molecule has 0 aromatic carbocycles. The smallest absolute Gasteiger partial charge is 0.256 e. The second-order valence-electron chi connectivity index (χ2n) is 3.27. The molecule has 4 nitrogen and oxygen atoms in total. The van der Waals surface area contributed by atoms with Crippen molar-refractivity contribution in [2.24, 2.45) is 0 Å². The van der Waals surface area contributed by atoms with Crippen molar-refractivity contribution >= 4 is 22.9 Å². The summed E-state index contributed by atoms with van der Waals surface area (Å²) in [5.74, 6) is -0.0850. The summed E-state index contributed by atoms with van der Waals surface area (Å²) in [6, 6.07) is 1.90. The summed E-state index contributed by atoms with van der Waals surface area (Å²) in [4.78, 5) is 14.0. The fourth-order valence-corrected chi connectivity index (χ4v) is 2.30. The number of rotatable bonds is 2. The Labute approximate surface area is 91.3 Å². The van der Waals surface area contributed by atoms with Crippen LogP contribution in [0.15, 0.2) is 18.5 Å². The first-order valence-corrected chi connectivity index (χ1v) is 5.35. The highest BCUT2D eigenvalue weighted by Crippen LogP contribution is 2.21. The van der Waals surface area contributed by atoms with Gasteiger partial charge in [-0.05, 0) is 19.9 Å². The van der Waals surface area contributed by atoms with Crippen LogP contribution >= 0.6 is 11.3 Å². The van der Waals surface area contributed by atoms with E-state index in [0.717, 1.165) is 15.3 Å². The van der Waals surface area contributed by atoms with Gasteiger partial charge in [-0.1, -0.05) is 0 Å². The van der Waals surface area contributed by atoms with E-state index in [2.05, 4.69) is 15.5 Å². The molecular weight excluding hydrogens is 210 g/mol. The number of aryl methyl sites for hydroxylation is 2. The van der Waals surface area contributed by atoms with Crippen molar-refractivity contribution in [3.8, 4) is 0 Å². The van der Waals surface area contributed by atoms with Gasteiger partial charge in [0, 0.05) is 16.0 Å². The number of hydrogen-bond donors (Lipinski definition) is 2. The fourth-order valence-electron chi connectivity index (χ4n) is 1.37. The highest BCUT2D eigenvalue weighted by Gasteiger charge is 2.12. The van der Waals surface area contributed by atoms with Crippen molar-refractivity contribution in [1.29, 1.82) is 0 Å². The molecule has 1 amide bonds. The summed E-state index contributed by atoms with van der Waals surface area (Å²) in [7, 11) is 0. The van der Waals surface area contributed by atoms with Crippen LogP contribution in [0.3, 0.4) is 0 Å². The number of thiophene rings is 1. The second-order valence-corrected chi connectivity index (χ2v) is 4.73. The minimum absolute atomic E-state index is 0.0850. The number of nitrogens with one attached hydrogen (secondary N) is 2. The number of nitrogens with zero attached hydrogens (tertiary/aromatic N) is 1. The number of aromatic amines is 1. The Morgan fingerprint density at radius 1 is 1.53 bits per heavy atom. The van der Waals surface area contributed by atoms with Crippen molar-refractivity contribution in [1.82, 2.24) is 10.2 Å². The van der Waals surface area contributed by atoms with E-state index in [4.69, 9.17) is 0 Å². The summed E-state index contributed by atoms with van der Waals surface area (Å²) in [6.45, 7) is 3.94. The molecule has 0 aliphatic carbocycles. The van der Waals surface area contributed by atoms with Gasteiger partial charge in [0.2, 0.25) is 0 Å². The van der Waals surface area contributed by atoms with Crippen LogP contribution in [0, 0.1) is 13.8 Å². The zero-order valence-corrected chi connectivity index (χ0v) is 9.31. The van der Waals surface area contributed by atoms with Gasteiger partial charge in [0.1, 0.15) is 0 Å². The lowest BCUT2D eigenvalue weighted by Crippen LogP contribution is -2.11. The molecule has 2 rings (SSSR count). The Morgan fingerprint density at radius 2 is 2.33 bits per heavy atom. The highest BCUT2D eigenvalue weighted by atomic mass is 32.1. The molecule has 5 heteroatoms. The highest BCUT2D eigenvalue weighted by molar-refractivity contribution is 7.12. The normalized spacial score (nSPS) is 10.3. The van der Waals surface area contributed by atoms with Crippen molar-refractivity contribution in [3.05, 3.63) is 33.8 Å². The topological polar surface area (TPSA) is 57.8 Å². The molecule has 0 atom stereocenters. The molecule has 0 aliphatic heterocycles. The Morgan fingerprint density at radius 3 is 2.87 bits per heavy atom. The van der Waals surface area contributed by atoms with Crippen LogP contribution in [-0.2, 0) is 0 Å². The Kier molecular flexibility index (Phi) is 2.55. The molecule has 0 saturated carbocycles. The van der Waals surface area contributed by atoms with Gasteiger partial charge in [0.15, 0.2) is 0 Å². The van der Waals surface area contributed by atoms with Crippen LogP contribution in [0.25, 0.3) is 0 Å². The van der Waals surface area contributed by atoms with Gasteiger partial charge in [-0.25, -0.2) is 0 Å². The second kappa shape index (κ2) is 3.86. The van der Waals surface area contributed by atoms with E-state index < -0.39 is 0 Å². The Bertz CT molecular complexity index is 473. The summed E-state index contributed by atoms with van der Waals surface area (Å²) in [5.41, 5.74) is 1.42. The van der Waals surface area contributed by atoms with Crippen LogP contribution in [0.1, 0.15) is 20.1 Å². The van der Waals surface area contributed by atoms with Crippen LogP contribution in [0.5, 0.6) is 0 Å². The number of carbonyl (C=O) groups excluding carboxylic acids is 1. The minimum atomic E-state index is -0.0850. The zero-order valence-electron chi connectivity index (χ0n) is 8.50. The summed E-state index contributed by atoms with van der Waals surface area (Å²) in [6.07, 6.45) is 3.22. The first-order chi connectivity index (χ1) is 7.16. The SMILES string of the molecule is Cc1cc(C(=O)Nc2cn[nH]c2)c(C)s1. The van der Waals surface area contributed by atoms with Gasteiger partial charge in [-0.2, -0.15) is 5.10 Å². The number of H-pyrrole nitrogens is 1. The maximum atomic E-state index is 11.8. The number of aromatic nitrogens is 2. The summed E-state index contributed by atoms with van der Waals surface area (Å²) in [5, 5.41) is 9.17.